The van der Waals surface area contributed by atoms with Crippen LogP contribution in [0.2, 0.25) is 10.0 Å². The zero-order chi connectivity index (χ0) is 28.6. The molecular formula is C32H31BrCl2N2O3. The van der Waals surface area contributed by atoms with Gasteiger partial charge in [-0.05, 0) is 69.4 Å². The van der Waals surface area contributed by atoms with Crippen molar-refractivity contribution in [3.8, 4) is 5.75 Å². The lowest BCUT2D eigenvalue weighted by molar-refractivity contribution is -0.143. The van der Waals surface area contributed by atoms with Crippen molar-refractivity contribution in [2.24, 2.45) is 0 Å². The van der Waals surface area contributed by atoms with E-state index in [4.69, 9.17) is 27.9 Å². The van der Waals surface area contributed by atoms with Crippen LogP contribution in [0.5, 0.6) is 5.75 Å². The fourth-order valence-corrected chi connectivity index (χ4v) is 5.45. The lowest BCUT2D eigenvalue weighted by Gasteiger charge is -2.32. The van der Waals surface area contributed by atoms with E-state index in [0.29, 0.717) is 27.8 Å². The number of amides is 2. The molecule has 4 aromatic rings. The topological polar surface area (TPSA) is 58.6 Å². The van der Waals surface area contributed by atoms with Crippen molar-refractivity contribution >= 4 is 61.7 Å². The Bertz CT molecular complexity index is 1480. The summed E-state index contributed by atoms with van der Waals surface area (Å²) in [5.41, 5.74) is 1.62. The number of carbonyl (C=O) groups excluding carboxylic acids is 2. The third-order valence-electron chi connectivity index (χ3n) is 6.81. The number of nitrogens with zero attached hydrogens (tertiary/aromatic N) is 1. The van der Waals surface area contributed by atoms with Crippen LogP contribution in [0.3, 0.4) is 0 Å². The molecule has 2 amide bonds. The summed E-state index contributed by atoms with van der Waals surface area (Å²) in [6.07, 6.45) is 1.10. The molecule has 0 unspecified atom stereocenters. The zero-order valence-electron chi connectivity index (χ0n) is 22.4. The first-order valence-electron chi connectivity index (χ1n) is 13.1. The lowest BCUT2D eigenvalue weighted by Crippen LogP contribution is -2.53. The van der Waals surface area contributed by atoms with E-state index in [9.17, 15) is 9.59 Å². The van der Waals surface area contributed by atoms with Crippen molar-refractivity contribution in [1.29, 1.82) is 0 Å². The Morgan fingerprint density at radius 1 is 0.975 bits per heavy atom. The van der Waals surface area contributed by atoms with E-state index in [0.717, 1.165) is 27.2 Å². The largest absolute Gasteiger partial charge is 0.483 e. The maximum Gasteiger partial charge on any atom is 0.261 e. The molecule has 0 aliphatic carbocycles. The monoisotopic (exact) mass is 640 g/mol. The van der Waals surface area contributed by atoms with Gasteiger partial charge in [-0.25, -0.2) is 0 Å². The van der Waals surface area contributed by atoms with Crippen LogP contribution in [-0.4, -0.2) is 35.4 Å². The molecule has 0 heterocycles. The molecule has 4 rings (SSSR count). The third-order valence-corrected chi connectivity index (χ3v) is 8.21. The molecule has 0 aliphatic rings. The highest BCUT2D eigenvalue weighted by Gasteiger charge is 2.32. The van der Waals surface area contributed by atoms with Crippen LogP contribution in [0.15, 0.2) is 89.4 Å². The molecule has 0 saturated heterocycles. The number of nitrogens with one attached hydrogen (secondary N) is 1. The van der Waals surface area contributed by atoms with Gasteiger partial charge in [0.1, 0.15) is 11.8 Å². The molecule has 0 fully saturated rings. The Kier molecular flexibility index (Phi) is 10.5. The van der Waals surface area contributed by atoms with Gasteiger partial charge in [0.2, 0.25) is 5.91 Å². The second kappa shape index (κ2) is 14.0. The molecule has 5 nitrogen and oxygen atoms in total. The Balaban J connectivity index is 1.67. The van der Waals surface area contributed by atoms with Crippen molar-refractivity contribution in [2.45, 2.75) is 45.3 Å². The number of benzene rings is 4. The maximum absolute atomic E-state index is 13.9. The van der Waals surface area contributed by atoms with E-state index in [-0.39, 0.29) is 31.0 Å². The zero-order valence-corrected chi connectivity index (χ0v) is 25.5. The smallest absolute Gasteiger partial charge is 0.261 e. The van der Waals surface area contributed by atoms with Crippen molar-refractivity contribution in [3.05, 3.63) is 111 Å². The van der Waals surface area contributed by atoms with Gasteiger partial charge in [0, 0.05) is 29.1 Å². The van der Waals surface area contributed by atoms with Gasteiger partial charge in [-0.2, -0.15) is 0 Å². The van der Waals surface area contributed by atoms with Crippen LogP contribution in [0.25, 0.3) is 10.8 Å². The van der Waals surface area contributed by atoms with E-state index in [2.05, 4.69) is 21.2 Å². The molecule has 0 aliphatic heterocycles. The minimum atomic E-state index is -0.792. The summed E-state index contributed by atoms with van der Waals surface area (Å²) < 4.78 is 6.80. The predicted molar refractivity (Wildman–Crippen MR) is 166 cm³/mol. The number of ether oxygens (including phenoxy) is 1. The van der Waals surface area contributed by atoms with Gasteiger partial charge in [0.25, 0.3) is 5.91 Å². The molecule has 208 valence electrons. The number of fused-ring (bicyclic) bond motifs is 1. The maximum atomic E-state index is 13.9. The molecule has 0 aromatic heterocycles. The van der Waals surface area contributed by atoms with Crippen molar-refractivity contribution in [3.63, 3.8) is 0 Å². The summed E-state index contributed by atoms with van der Waals surface area (Å²) in [6, 6.07) is 25.6. The number of hydrogen-bond acceptors (Lipinski definition) is 3. The van der Waals surface area contributed by atoms with E-state index < -0.39 is 6.04 Å². The van der Waals surface area contributed by atoms with Gasteiger partial charge in [0.15, 0.2) is 6.61 Å². The van der Waals surface area contributed by atoms with E-state index in [1.54, 1.807) is 23.1 Å². The van der Waals surface area contributed by atoms with Gasteiger partial charge >= 0.3 is 0 Å². The second-order valence-corrected chi connectivity index (χ2v) is 11.3. The molecule has 0 radical (unpaired) electrons. The van der Waals surface area contributed by atoms with E-state index in [1.165, 1.54) is 0 Å². The molecule has 0 bridgehead atoms. The minimum absolute atomic E-state index is 0.0494. The Hall–Kier alpha value is -3.06. The number of hydrogen-bond donors (Lipinski definition) is 1. The fraction of sp³-hybridized carbons (Fsp3) is 0.250. The summed E-state index contributed by atoms with van der Waals surface area (Å²) in [4.78, 5) is 29.1. The van der Waals surface area contributed by atoms with E-state index in [1.807, 2.05) is 80.6 Å². The lowest BCUT2D eigenvalue weighted by atomic mass is 10.0. The highest BCUT2D eigenvalue weighted by molar-refractivity contribution is 9.10. The number of carbonyl (C=O) groups is 2. The first kappa shape index (κ1) is 29.9. The van der Waals surface area contributed by atoms with Crippen LogP contribution in [0, 0.1) is 0 Å². The first-order valence-corrected chi connectivity index (χ1v) is 14.7. The van der Waals surface area contributed by atoms with Gasteiger partial charge in [-0.3, -0.25) is 9.59 Å². The van der Waals surface area contributed by atoms with Crippen molar-refractivity contribution in [2.75, 3.05) is 6.61 Å². The highest BCUT2D eigenvalue weighted by Crippen LogP contribution is 2.33. The van der Waals surface area contributed by atoms with Crippen LogP contribution >= 0.6 is 39.1 Å². The van der Waals surface area contributed by atoms with Crippen molar-refractivity contribution in [1.82, 2.24) is 10.2 Å². The molecule has 8 heteroatoms. The fourth-order valence-electron chi connectivity index (χ4n) is 4.38. The SMILES string of the molecule is CC[C@H](C)NC(=O)[C@@H](Cc1ccccc1)N(Cc1ccc(Cl)cc1Cl)C(=O)COc1ccc2ccccc2c1Br. The van der Waals surface area contributed by atoms with Crippen LogP contribution in [0.4, 0.5) is 0 Å². The van der Waals surface area contributed by atoms with Crippen LogP contribution in [-0.2, 0) is 22.6 Å². The minimum Gasteiger partial charge on any atom is -0.483 e. The highest BCUT2D eigenvalue weighted by atomic mass is 79.9. The van der Waals surface area contributed by atoms with Crippen LogP contribution in [0.1, 0.15) is 31.4 Å². The summed E-state index contributed by atoms with van der Waals surface area (Å²) >= 11 is 16.3. The Labute approximate surface area is 253 Å². The van der Waals surface area contributed by atoms with Crippen molar-refractivity contribution < 1.29 is 14.3 Å². The molecule has 0 saturated carbocycles. The standard InChI is InChI=1S/C32H31BrCl2N2O3/c1-3-21(2)36-32(39)28(17-22-9-5-4-6-10-22)37(19-24-13-15-25(34)18-27(24)35)30(38)20-40-29-16-14-23-11-7-8-12-26(23)31(29)33/h4-16,18,21,28H,3,17,19-20H2,1-2H3,(H,36,39)/t21-,28+/m0/s1. The van der Waals surface area contributed by atoms with Gasteiger partial charge < -0.3 is 15.0 Å². The van der Waals surface area contributed by atoms with E-state index >= 15 is 0 Å². The van der Waals surface area contributed by atoms with Gasteiger partial charge in [0.05, 0.1) is 4.47 Å². The second-order valence-electron chi connectivity index (χ2n) is 9.67. The van der Waals surface area contributed by atoms with Gasteiger partial charge in [-0.15, -0.1) is 0 Å². The predicted octanol–water partition coefficient (Wildman–Crippen LogP) is 7.84. The molecule has 4 aromatic carbocycles. The molecule has 0 spiro atoms. The molecular weight excluding hydrogens is 611 g/mol. The normalized spacial score (nSPS) is 12.5. The average Bonchev–Trinajstić information content (AvgIpc) is 2.96. The molecule has 1 N–H and O–H groups in total. The average molecular weight is 642 g/mol. The Morgan fingerprint density at radius 3 is 2.42 bits per heavy atom. The summed E-state index contributed by atoms with van der Waals surface area (Å²) in [5.74, 6) is -0.0324. The summed E-state index contributed by atoms with van der Waals surface area (Å²) in [6.45, 7) is 3.80. The Morgan fingerprint density at radius 2 is 1.70 bits per heavy atom. The number of halogens is 3. The summed E-state index contributed by atoms with van der Waals surface area (Å²) in [5, 5.41) is 6.01. The molecule has 40 heavy (non-hydrogen) atoms. The van der Waals surface area contributed by atoms with Gasteiger partial charge in [-0.1, -0.05) is 96.9 Å². The third kappa shape index (κ3) is 7.57. The number of rotatable bonds is 11. The quantitative estimate of drug-likeness (QED) is 0.181. The molecule has 2 atom stereocenters. The first-order chi connectivity index (χ1) is 19.3. The summed E-state index contributed by atoms with van der Waals surface area (Å²) in [7, 11) is 0. The van der Waals surface area contributed by atoms with Crippen LogP contribution < -0.4 is 10.1 Å².